The molecule has 0 atom stereocenters. The molecule has 128 valence electrons. The van der Waals surface area contributed by atoms with Crippen LogP contribution in [0.5, 0.6) is 0 Å². The van der Waals surface area contributed by atoms with Crippen LogP contribution in [0, 0.1) is 0 Å². The van der Waals surface area contributed by atoms with E-state index in [1.165, 1.54) is 0 Å². The van der Waals surface area contributed by atoms with Gasteiger partial charge in [0.2, 0.25) is 0 Å². The molecule has 5 nitrogen and oxygen atoms in total. The molecule has 2 heterocycles. The average Bonchev–Trinajstić information content (AvgIpc) is 3.16. The summed E-state index contributed by atoms with van der Waals surface area (Å²) in [4.78, 5) is 19.6. The first-order valence-electron chi connectivity index (χ1n) is 8.41. The maximum Gasteiger partial charge on any atom is 0.319 e. The van der Waals surface area contributed by atoms with Gasteiger partial charge in [0.25, 0.3) is 0 Å². The van der Waals surface area contributed by atoms with Crippen molar-refractivity contribution in [3.8, 4) is 11.1 Å². The minimum absolute atomic E-state index is 0.229. The smallest absolute Gasteiger partial charge is 0.319 e. The van der Waals surface area contributed by atoms with Crippen LogP contribution in [-0.2, 0) is 6.54 Å². The van der Waals surface area contributed by atoms with Gasteiger partial charge in [0.15, 0.2) is 0 Å². The van der Waals surface area contributed by atoms with Gasteiger partial charge in [-0.15, -0.1) is 0 Å². The maximum atomic E-state index is 12.2. The van der Waals surface area contributed by atoms with Gasteiger partial charge in [0, 0.05) is 30.0 Å². The lowest BCUT2D eigenvalue weighted by Crippen LogP contribution is -2.28. The number of amides is 2. The Kier molecular flexibility index (Phi) is 4.35. The maximum absolute atomic E-state index is 12.2. The number of aromatic amines is 1. The average molecular weight is 342 g/mol. The second kappa shape index (κ2) is 7.11. The SMILES string of the molecule is O=C(NCc1ccccc1-c1ccnc2[nH]ccc12)Nc1ccccc1. The van der Waals surface area contributed by atoms with Crippen molar-refractivity contribution in [1.29, 1.82) is 0 Å². The molecule has 0 saturated heterocycles. The van der Waals surface area contributed by atoms with E-state index in [4.69, 9.17) is 0 Å². The first-order chi connectivity index (χ1) is 12.8. The molecule has 2 aromatic heterocycles. The molecule has 0 radical (unpaired) electrons. The van der Waals surface area contributed by atoms with Gasteiger partial charge in [0.05, 0.1) is 0 Å². The second-order valence-corrected chi connectivity index (χ2v) is 5.93. The summed E-state index contributed by atoms with van der Waals surface area (Å²) < 4.78 is 0. The number of pyridine rings is 1. The Morgan fingerprint density at radius 3 is 2.62 bits per heavy atom. The van der Waals surface area contributed by atoms with Crippen LogP contribution in [-0.4, -0.2) is 16.0 Å². The lowest BCUT2D eigenvalue weighted by Gasteiger charge is -2.12. The van der Waals surface area contributed by atoms with Crippen LogP contribution in [0.4, 0.5) is 10.5 Å². The van der Waals surface area contributed by atoms with E-state index in [1.54, 1.807) is 6.20 Å². The van der Waals surface area contributed by atoms with Crippen LogP contribution in [0.25, 0.3) is 22.2 Å². The molecule has 2 aromatic carbocycles. The summed E-state index contributed by atoms with van der Waals surface area (Å²) >= 11 is 0. The monoisotopic (exact) mass is 342 g/mol. The molecule has 0 aliphatic carbocycles. The number of carbonyl (C=O) groups excluding carboxylic acids is 1. The molecule has 0 unspecified atom stereocenters. The Morgan fingerprint density at radius 1 is 0.923 bits per heavy atom. The van der Waals surface area contributed by atoms with Crippen molar-refractivity contribution in [2.45, 2.75) is 6.54 Å². The van der Waals surface area contributed by atoms with E-state index < -0.39 is 0 Å². The number of benzene rings is 2. The number of carbonyl (C=O) groups is 1. The molecule has 0 saturated carbocycles. The Labute approximate surface area is 151 Å². The van der Waals surface area contributed by atoms with Crippen molar-refractivity contribution in [1.82, 2.24) is 15.3 Å². The molecule has 4 aromatic rings. The van der Waals surface area contributed by atoms with Gasteiger partial charge < -0.3 is 15.6 Å². The number of hydrogen-bond donors (Lipinski definition) is 3. The molecular formula is C21H18N4O. The lowest BCUT2D eigenvalue weighted by atomic mass is 9.98. The third kappa shape index (κ3) is 3.28. The summed E-state index contributed by atoms with van der Waals surface area (Å²) in [5.41, 5.74) is 4.84. The summed E-state index contributed by atoms with van der Waals surface area (Å²) in [6, 6.07) is 21.2. The van der Waals surface area contributed by atoms with Crippen molar-refractivity contribution in [2.75, 3.05) is 5.32 Å². The van der Waals surface area contributed by atoms with E-state index in [9.17, 15) is 4.79 Å². The fraction of sp³-hybridized carbons (Fsp3) is 0.0476. The quantitative estimate of drug-likeness (QED) is 0.509. The molecule has 0 aliphatic rings. The minimum atomic E-state index is -0.229. The Hall–Kier alpha value is -3.60. The normalized spacial score (nSPS) is 10.6. The zero-order valence-corrected chi connectivity index (χ0v) is 14.1. The number of nitrogens with zero attached hydrogens (tertiary/aromatic N) is 1. The Morgan fingerprint density at radius 2 is 1.73 bits per heavy atom. The van der Waals surface area contributed by atoms with Crippen LogP contribution >= 0.6 is 0 Å². The number of urea groups is 1. The van der Waals surface area contributed by atoms with Crippen LogP contribution in [0.1, 0.15) is 5.56 Å². The van der Waals surface area contributed by atoms with Gasteiger partial charge in [-0.05, 0) is 41.0 Å². The zero-order valence-electron chi connectivity index (χ0n) is 14.1. The number of nitrogens with one attached hydrogen (secondary N) is 3. The summed E-state index contributed by atoms with van der Waals surface area (Å²) in [6.07, 6.45) is 3.68. The highest BCUT2D eigenvalue weighted by atomic mass is 16.2. The van der Waals surface area contributed by atoms with E-state index in [0.29, 0.717) is 6.54 Å². The summed E-state index contributed by atoms with van der Waals surface area (Å²) in [5.74, 6) is 0. The Bertz CT molecular complexity index is 1040. The fourth-order valence-electron chi connectivity index (χ4n) is 3.01. The summed E-state index contributed by atoms with van der Waals surface area (Å²) in [5, 5.41) is 6.82. The highest BCUT2D eigenvalue weighted by Crippen LogP contribution is 2.29. The minimum Gasteiger partial charge on any atom is -0.346 e. The van der Waals surface area contributed by atoms with Crippen molar-refractivity contribution in [3.63, 3.8) is 0 Å². The van der Waals surface area contributed by atoms with Crippen molar-refractivity contribution < 1.29 is 4.79 Å². The third-order valence-corrected chi connectivity index (χ3v) is 4.24. The van der Waals surface area contributed by atoms with E-state index >= 15 is 0 Å². The zero-order chi connectivity index (χ0) is 17.8. The number of rotatable bonds is 4. The molecule has 0 spiro atoms. The van der Waals surface area contributed by atoms with Crippen LogP contribution in [0.3, 0.4) is 0 Å². The van der Waals surface area contributed by atoms with Gasteiger partial charge in [0.1, 0.15) is 5.65 Å². The standard InChI is InChI=1S/C21H18N4O/c26-21(25-16-7-2-1-3-8-16)24-14-15-6-4-5-9-17(15)18-10-12-22-20-19(18)11-13-23-20/h1-13H,14H2,(H,22,23)(H2,24,25,26). The molecule has 0 bridgehead atoms. The third-order valence-electron chi connectivity index (χ3n) is 4.24. The molecule has 0 fully saturated rings. The van der Waals surface area contributed by atoms with Gasteiger partial charge in [-0.25, -0.2) is 9.78 Å². The first-order valence-corrected chi connectivity index (χ1v) is 8.41. The van der Waals surface area contributed by atoms with Crippen LogP contribution < -0.4 is 10.6 Å². The van der Waals surface area contributed by atoms with Gasteiger partial charge in [-0.1, -0.05) is 42.5 Å². The van der Waals surface area contributed by atoms with Crippen molar-refractivity contribution in [2.24, 2.45) is 0 Å². The number of fused-ring (bicyclic) bond motifs is 1. The van der Waals surface area contributed by atoms with Gasteiger partial charge >= 0.3 is 6.03 Å². The largest absolute Gasteiger partial charge is 0.346 e. The van der Waals surface area contributed by atoms with E-state index in [2.05, 4.69) is 26.7 Å². The molecule has 3 N–H and O–H groups in total. The number of hydrogen-bond acceptors (Lipinski definition) is 2. The number of para-hydroxylation sites is 1. The Balaban J connectivity index is 1.55. The second-order valence-electron chi connectivity index (χ2n) is 5.93. The van der Waals surface area contributed by atoms with Gasteiger partial charge in [-0.3, -0.25) is 0 Å². The van der Waals surface area contributed by atoms with E-state index in [1.807, 2.05) is 66.9 Å². The molecule has 4 rings (SSSR count). The fourth-order valence-corrected chi connectivity index (χ4v) is 3.01. The first kappa shape index (κ1) is 15.9. The number of aromatic nitrogens is 2. The number of anilines is 1. The van der Waals surface area contributed by atoms with Crippen LogP contribution in [0.2, 0.25) is 0 Å². The van der Waals surface area contributed by atoms with Gasteiger partial charge in [-0.2, -0.15) is 0 Å². The predicted molar refractivity (Wildman–Crippen MR) is 104 cm³/mol. The highest BCUT2D eigenvalue weighted by molar-refractivity contribution is 5.94. The van der Waals surface area contributed by atoms with E-state index in [-0.39, 0.29) is 6.03 Å². The van der Waals surface area contributed by atoms with Crippen LogP contribution in [0.15, 0.2) is 79.1 Å². The topological polar surface area (TPSA) is 69.8 Å². The molecule has 26 heavy (non-hydrogen) atoms. The van der Waals surface area contributed by atoms with Crippen molar-refractivity contribution in [3.05, 3.63) is 84.7 Å². The predicted octanol–water partition coefficient (Wildman–Crippen LogP) is 4.55. The molecule has 2 amide bonds. The number of H-pyrrole nitrogens is 1. The summed E-state index contributed by atoms with van der Waals surface area (Å²) in [6.45, 7) is 0.434. The molecular weight excluding hydrogens is 324 g/mol. The molecule has 5 heteroatoms. The highest BCUT2D eigenvalue weighted by Gasteiger charge is 2.10. The lowest BCUT2D eigenvalue weighted by molar-refractivity contribution is 0.252. The summed E-state index contributed by atoms with van der Waals surface area (Å²) in [7, 11) is 0. The molecule has 0 aliphatic heterocycles. The van der Waals surface area contributed by atoms with Crippen molar-refractivity contribution >= 4 is 22.8 Å². The van der Waals surface area contributed by atoms with E-state index in [0.717, 1.165) is 33.4 Å².